The molecule has 1 aromatic heterocycles. The van der Waals surface area contributed by atoms with Crippen LogP contribution >= 0.6 is 15.9 Å². The molecule has 200 valence electrons. The van der Waals surface area contributed by atoms with Gasteiger partial charge in [-0.15, -0.1) is 0 Å². The predicted molar refractivity (Wildman–Crippen MR) is 159 cm³/mol. The number of nitrogens with zero attached hydrogens (tertiary/aromatic N) is 3. The van der Waals surface area contributed by atoms with Gasteiger partial charge in [-0.05, 0) is 89.0 Å². The molecular formula is C30H42BrN5O. The number of hydrogen-bond acceptors (Lipinski definition) is 6. The minimum atomic E-state index is 0.0960. The maximum Gasteiger partial charge on any atom is 0.142 e. The number of aromatic nitrogens is 2. The molecule has 4 rings (SSSR count). The third kappa shape index (κ3) is 8.05. The fourth-order valence-electron chi connectivity index (χ4n) is 5.15. The number of ether oxygens (including phenoxy) is 1. The van der Waals surface area contributed by atoms with E-state index < -0.39 is 0 Å². The molecule has 0 spiro atoms. The number of piperidine rings is 1. The Hall–Kier alpha value is -2.38. The number of hydrogen-bond donors (Lipinski definition) is 2. The van der Waals surface area contributed by atoms with Crippen LogP contribution in [0.15, 0.2) is 40.9 Å². The molecule has 0 bridgehead atoms. The molecule has 7 heteroatoms. The van der Waals surface area contributed by atoms with Crippen molar-refractivity contribution in [2.24, 2.45) is 0 Å². The normalized spacial score (nSPS) is 15.0. The first-order chi connectivity index (χ1) is 18.0. The number of benzene rings is 2. The summed E-state index contributed by atoms with van der Waals surface area (Å²) in [6, 6.07) is 12.6. The van der Waals surface area contributed by atoms with Gasteiger partial charge in [0.2, 0.25) is 0 Å². The number of rotatable bonds is 13. The molecule has 3 aromatic rings. The highest BCUT2D eigenvalue weighted by Gasteiger charge is 2.15. The maximum absolute atomic E-state index is 5.76. The van der Waals surface area contributed by atoms with E-state index in [0.29, 0.717) is 0 Å². The van der Waals surface area contributed by atoms with Gasteiger partial charge in [0.25, 0.3) is 0 Å². The van der Waals surface area contributed by atoms with Gasteiger partial charge in [0, 0.05) is 16.4 Å². The first kappa shape index (κ1) is 27.6. The van der Waals surface area contributed by atoms with E-state index in [0.717, 1.165) is 51.4 Å². The van der Waals surface area contributed by atoms with Gasteiger partial charge < -0.3 is 20.3 Å². The summed E-state index contributed by atoms with van der Waals surface area (Å²) < 4.78 is 6.82. The van der Waals surface area contributed by atoms with Gasteiger partial charge >= 0.3 is 0 Å². The van der Waals surface area contributed by atoms with Crippen molar-refractivity contribution in [3.8, 4) is 5.75 Å². The molecule has 0 radical (unpaired) electrons. The Morgan fingerprint density at radius 3 is 2.57 bits per heavy atom. The van der Waals surface area contributed by atoms with E-state index in [4.69, 9.17) is 14.7 Å². The molecule has 1 aliphatic heterocycles. The summed E-state index contributed by atoms with van der Waals surface area (Å²) in [6.07, 6.45) is 10.6. The number of halogens is 1. The molecule has 0 saturated carbocycles. The van der Waals surface area contributed by atoms with Crippen LogP contribution in [0.5, 0.6) is 5.75 Å². The van der Waals surface area contributed by atoms with Crippen LogP contribution in [0.3, 0.4) is 0 Å². The molecule has 2 N–H and O–H groups in total. The molecule has 2 aromatic carbocycles. The Morgan fingerprint density at radius 2 is 1.78 bits per heavy atom. The van der Waals surface area contributed by atoms with Gasteiger partial charge in [-0.3, -0.25) is 0 Å². The highest BCUT2D eigenvalue weighted by molar-refractivity contribution is 9.10. The van der Waals surface area contributed by atoms with E-state index in [2.05, 4.69) is 62.7 Å². The highest BCUT2D eigenvalue weighted by atomic mass is 79.9. The van der Waals surface area contributed by atoms with Crippen molar-refractivity contribution in [1.29, 1.82) is 0 Å². The van der Waals surface area contributed by atoms with Crippen molar-refractivity contribution in [3.63, 3.8) is 0 Å². The Morgan fingerprint density at radius 1 is 1.00 bits per heavy atom. The van der Waals surface area contributed by atoms with Gasteiger partial charge in [-0.1, -0.05) is 53.7 Å². The maximum atomic E-state index is 5.76. The van der Waals surface area contributed by atoms with E-state index in [-0.39, 0.29) is 6.04 Å². The largest absolute Gasteiger partial charge is 0.495 e. The molecule has 1 unspecified atom stereocenters. The number of fused-ring (bicyclic) bond motifs is 1. The van der Waals surface area contributed by atoms with Crippen LogP contribution in [0.2, 0.25) is 0 Å². The zero-order chi connectivity index (χ0) is 26.0. The van der Waals surface area contributed by atoms with Gasteiger partial charge in [0.15, 0.2) is 0 Å². The lowest BCUT2D eigenvalue weighted by Crippen LogP contribution is -2.30. The summed E-state index contributed by atoms with van der Waals surface area (Å²) in [6.45, 7) is 8.92. The third-order valence-corrected chi connectivity index (χ3v) is 7.74. The van der Waals surface area contributed by atoms with Crippen LogP contribution in [0.4, 0.5) is 11.5 Å². The molecule has 1 fully saturated rings. The molecule has 37 heavy (non-hydrogen) atoms. The zero-order valence-electron chi connectivity index (χ0n) is 22.7. The molecule has 6 nitrogen and oxygen atoms in total. The van der Waals surface area contributed by atoms with E-state index in [1.807, 2.05) is 19.1 Å². The number of likely N-dealkylation sites (tertiary alicyclic amines) is 1. The fourth-order valence-corrected chi connectivity index (χ4v) is 5.57. The number of nitrogens with one attached hydrogen (secondary N) is 2. The van der Waals surface area contributed by atoms with E-state index in [1.54, 1.807) is 7.11 Å². The van der Waals surface area contributed by atoms with Crippen LogP contribution in [-0.2, 0) is 0 Å². The second kappa shape index (κ2) is 14.0. The van der Waals surface area contributed by atoms with Crippen molar-refractivity contribution in [1.82, 2.24) is 14.9 Å². The van der Waals surface area contributed by atoms with E-state index in [9.17, 15) is 0 Å². The van der Waals surface area contributed by atoms with Crippen molar-refractivity contribution >= 4 is 38.3 Å². The lowest BCUT2D eigenvalue weighted by molar-refractivity contribution is 0.224. The van der Waals surface area contributed by atoms with Crippen molar-refractivity contribution in [3.05, 3.63) is 52.3 Å². The zero-order valence-corrected chi connectivity index (χ0v) is 24.2. The number of methoxy groups -OCH3 is 1. The smallest absolute Gasteiger partial charge is 0.142 e. The Kier molecular flexibility index (Phi) is 10.4. The molecule has 1 atom stereocenters. The average molecular weight is 569 g/mol. The van der Waals surface area contributed by atoms with Crippen LogP contribution in [0.25, 0.3) is 10.9 Å². The first-order valence-corrected chi connectivity index (χ1v) is 14.7. The highest BCUT2D eigenvalue weighted by Crippen LogP contribution is 2.34. The second-order valence-electron chi connectivity index (χ2n) is 10.2. The summed E-state index contributed by atoms with van der Waals surface area (Å²) >= 11 is 3.57. The monoisotopic (exact) mass is 567 g/mol. The SMILES string of the molecule is COc1cc2c(NC(C)c3cccc(Br)c3)nc(C)nc2cc1NCCCCCCCN1CCCCC1. The van der Waals surface area contributed by atoms with Crippen molar-refractivity contribution in [2.45, 2.75) is 71.3 Å². The van der Waals surface area contributed by atoms with Gasteiger partial charge in [0.05, 0.1) is 24.4 Å². The van der Waals surface area contributed by atoms with Crippen LogP contribution < -0.4 is 15.4 Å². The summed E-state index contributed by atoms with van der Waals surface area (Å²) in [5.41, 5.74) is 3.09. The third-order valence-electron chi connectivity index (χ3n) is 7.25. The fraction of sp³-hybridized carbons (Fsp3) is 0.533. The van der Waals surface area contributed by atoms with Crippen molar-refractivity contribution < 1.29 is 4.74 Å². The lowest BCUT2D eigenvalue weighted by Gasteiger charge is -2.26. The van der Waals surface area contributed by atoms with Gasteiger partial charge in [-0.2, -0.15) is 0 Å². The number of unbranched alkanes of at least 4 members (excludes halogenated alkanes) is 4. The molecular weight excluding hydrogens is 526 g/mol. The van der Waals surface area contributed by atoms with Crippen LogP contribution in [0.1, 0.15) is 75.7 Å². The Bertz CT molecular complexity index is 1150. The summed E-state index contributed by atoms with van der Waals surface area (Å²) in [7, 11) is 1.72. The Labute approximate surface area is 230 Å². The minimum Gasteiger partial charge on any atom is -0.495 e. The molecule has 2 heterocycles. The lowest BCUT2D eigenvalue weighted by atomic mass is 10.1. The van der Waals surface area contributed by atoms with E-state index in [1.165, 1.54) is 70.1 Å². The van der Waals surface area contributed by atoms with Crippen LogP contribution in [0, 0.1) is 6.92 Å². The molecule has 1 aliphatic rings. The first-order valence-electron chi connectivity index (χ1n) is 13.9. The van der Waals surface area contributed by atoms with Crippen LogP contribution in [-0.4, -0.2) is 48.2 Å². The molecule has 0 amide bonds. The minimum absolute atomic E-state index is 0.0960. The van der Waals surface area contributed by atoms with Gasteiger partial charge in [0.1, 0.15) is 17.4 Å². The summed E-state index contributed by atoms with van der Waals surface area (Å²) in [5, 5.41) is 8.14. The molecule has 1 saturated heterocycles. The Balaban J connectivity index is 1.32. The van der Waals surface area contributed by atoms with Crippen molar-refractivity contribution in [2.75, 3.05) is 43.9 Å². The summed E-state index contributed by atoms with van der Waals surface area (Å²) in [5.74, 6) is 2.39. The second-order valence-corrected chi connectivity index (χ2v) is 11.1. The van der Waals surface area contributed by atoms with E-state index >= 15 is 0 Å². The topological polar surface area (TPSA) is 62.3 Å². The predicted octanol–water partition coefficient (Wildman–Crippen LogP) is 7.73. The molecule has 0 aliphatic carbocycles. The number of anilines is 2. The standard InChI is InChI=1S/C30H42BrN5O/c1-22(24-13-12-14-25(31)19-24)33-30-26-20-29(37-3)28(21-27(26)34-23(2)35-30)32-15-8-5-4-6-9-16-36-17-10-7-11-18-36/h12-14,19-22,32H,4-11,15-18H2,1-3H3,(H,33,34,35). The summed E-state index contributed by atoms with van der Waals surface area (Å²) in [4.78, 5) is 12.1. The number of aryl methyl sites for hydroxylation is 1. The average Bonchev–Trinajstić information content (AvgIpc) is 2.90. The van der Waals surface area contributed by atoms with Gasteiger partial charge in [-0.25, -0.2) is 9.97 Å². The quantitative estimate of drug-likeness (QED) is 0.206.